The summed E-state index contributed by atoms with van der Waals surface area (Å²) < 4.78 is 11.4. The van der Waals surface area contributed by atoms with Gasteiger partial charge in [-0.05, 0) is 30.2 Å². The quantitative estimate of drug-likeness (QED) is 0.811. The Morgan fingerprint density at radius 3 is 2.52 bits per heavy atom. The molecule has 2 rings (SSSR count). The molecule has 1 unspecified atom stereocenters. The van der Waals surface area contributed by atoms with Crippen molar-refractivity contribution >= 4 is 0 Å². The largest absolute Gasteiger partial charge is 0.490 e. The highest BCUT2D eigenvalue weighted by molar-refractivity contribution is 5.44. The van der Waals surface area contributed by atoms with E-state index in [0.29, 0.717) is 19.1 Å². The third-order valence-corrected chi connectivity index (χ3v) is 4.22. The van der Waals surface area contributed by atoms with Crippen molar-refractivity contribution < 1.29 is 9.47 Å². The third kappa shape index (κ3) is 4.35. The van der Waals surface area contributed by atoms with Crippen LogP contribution in [0.3, 0.4) is 0 Å². The van der Waals surface area contributed by atoms with Crippen molar-refractivity contribution in [1.29, 1.82) is 0 Å². The van der Waals surface area contributed by atoms with Gasteiger partial charge in [-0.25, -0.2) is 0 Å². The molecule has 0 saturated heterocycles. The molecule has 0 aromatic heterocycles. The number of nitrogens with two attached hydrogens (primary N) is 1. The number of fused-ring (bicyclic) bond motifs is 1. The van der Waals surface area contributed by atoms with Gasteiger partial charge in [0.1, 0.15) is 0 Å². The second-order valence-corrected chi connectivity index (χ2v) is 5.64. The van der Waals surface area contributed by atoms with Crippen LogP contribution in [-0.2, 0) is 0 Å². The van der Waals surface area contributed by atoms with Crippen LogP contribution >= 0.6 is 0 Å². The molecule has 1 aliphatic rings. The molecule has 0 saturated carbocycles. The Kier molecular flexibility index (Phi) is 6.33. The van der Waals surface area contributed by atoms with Crippen molar-refractivity contribution in [2.75, 3.05) is 26.3 Å². The lowest BCUT2D eigenvalue weighted by Crippen LogP contribution is -2.32. The zero-order valence-electron chi connectivity index (χ0n) is 13.2. The monoisotopic (exact) mass is 292 g/mol. The minimum Gasteiger partial charge on any atom is -0.490 e. The number of hydrogen-bond acceptors (Lipinski definition) is 4. The van der Waals surface area contributed by atoms with E-state index in [1.54, 1.807) is 0 Å². The summed E-state index contributed by atoms with van der Waals surface area (Å²) in [6.07, 6.45) is 3.32. The molecule has 21 heavy (non-hydrogen) atoms. The molecule has 1 atom stereocenters. The van der Waals surface area contributed by atoms with Crippen molar-refractivity contribution in [2.24, 2.45) is 11.7 Å². The predicted molar refractivity (Wildman–Crippen MR) is 85.9 cm³/mol. The van der Waals surface area contributed by atoms with Crippen molar-refractivity contribution in [2.45, 2.75) is 39.2 Å². The Labute approximate surface area is 128 Å². The lowest BCUT2D eigenvalue weighted by atomic mass is 10.0. The minimum absolute atomic E-state index is 0.169. The van der Waals surface area contributed by atoms with Gasteiger partial charge in [0.25, 0.3) is 0 Å². The van der Waals surface area contributed by atoms with Crippen molar-refractivity contribution in [3.63, 3.8) is 0 Å². The van der Waals surface area contributed by atoms with Gasteiger partial charge in [-0.15, -0.1) is 0 Å². The lowest BCUT2D eigenvalue weighted by Gasteiger charge is -2.22. The maximum Gasteiger partial charge on any atom is 0.161 e. The molecule has 0 spiro atoms. The van der Waals surface area contributed by atoms with Gasteiger partial charge in [0.2, 0.25) is 0 Å². The maximum absolute atomic E-state index is 5.95. The number of nitrogens with one attached hydrogen (secondary N) is 1. The lowest BCUT2D eigenvalue weighted by molar-refractivity contribution is 0.297. The first-order valence-corrected chi connectivity index (χ1v) is 8.11. The number of ether oxygens (including phenoxy) is 2. The van der Waals surface area contributed by atoms with Crippen LogP contribution in [0.4, 0.5) is 0 Å². The molecule has 1 aliphatic heterocycles. The fourth-order valence-electron chi connectivity index (χ4n) is 2.62. The fourth-order valence-corrected chi connectivity index (χ4v) is 2.62. The molecule has 0 amide bonds. The molecule has 3 N–H and O–H groups in total. The summed E-state index contributed by atoms with van der Waals surface area (Å²) in [5.41, 5.74) is 7.12. The first-order valence-electron chi connectivity index (χ1n) is 8.11. The number of rotatable bonds is 7. The van der Waals surface area contributed by atoms with Crippen molar-refractivity contribution in [3.05, 3.63) is 23.8 Å². The Bertz CT molecular complexity index is 433. The van der Waals surface area contributed by atoms with Crippen LogP contribution in [0.5, 0.6) is 11.5 Å². The highest BCUT2D eigenvalue weighted by Gasteiger charge is 2.16. The van der Waals surface area contributed by atoms with Gasteiger partial charge < -0.3 is 20.5 Å². The van der Waals surface area contributed by atoms with Crippen molar-refractivity contribution in [1.82, 2.24) is 5.32 Å². The van der Waals surface area contributed by atoms with E-state index in [9.17, 15) is 0 Å². The average molecular weight is 292 g/mol. The molecule has 118 valence electrons. The third-order valence-electron chi connectivity index (χ3n) is 4.22. The van der Waals surface area contributed by atoms with Crippen LogP contribution in [0, 0.1) is 5.92 Å². The smallest absolute Gasteiger partial charge is 0.161 e. The average Bonchev–Trinajstić information content (AvgIpc) is 2.76. The highest BCUT2D eigenvalue weighted by atomic mass is 16.5. The van der Waals surface area contributed by atoms with Crippen LogP contribution in [-0.4, -0.2) is 26.3 Å². The van der Waals surface area contributed by atoms with E-state index in [1.807, 2.05) is 6.07 Å². The van der Waals surface area contributed by atoms with Crippen LogP contribution < -0.4 is 20.5 Å². The molecular formula is C17H28N2O2. The molecule has 1 aromatic rings. The van der Waals surface area contributed by atoms with Crippen LogP contribution in [0.2, 0.25) is 0 Å². The molecule has 0 aliphatic carbocycles. The van der Waals surface area contributed by atoms with E-state index in [2.05, 4.69) is 31.3 Å². The Hall–Kier alpha value is -1.26. The second kappa shape index (κ2) is 8.25. The normalized spacial score (nSPS) is 15.8. The molecule has 4 nitrogen and oxygen atoms in total. The van der Waals surface area contributed by atoms with Crippen molar-refractivity contribution in [3.8, 4) is 11.5 Å². The highest BCUT2D eigenvalue weighted by Crippen LogP contribution is 2.32. The number of benzene rings is 1. The van der Waals surface area contributed by atoms with Gasteiger partial charge in [0.15, 0.2) is 11.5 Å². The summed E-state index contributed by atoms with van der Waals surface area (Å²) in [6.45, 7) is 7.50. The standard InChI is InChI=1S/C17H28N2O2/c1-3-13(4-2)12-19-15(11-18)14-6-7-16-17(10-14)21-9-5-8-20-16/h6-7,10,13,15,19H,3-5,8-9,11-12,18H2,1-2H3. The zero-order valence-corrected chi connectivity index (χ0v) is 13.2. The van der Waals surface area contributed by atoms with E-state index in [1.165, 1.54) is 18.4 Å². The summed E-state index contributed by atoms with van der Waals surface area (Å²) in [6, 6.07) is 6.32. The van der Waals surface area contributed by atoms with Crippen LogP contribution in [0.1, 0.15) is 44.7 Å². The first kappa shape index (κ1) is 16.1. The van der Waals surface area contributed by atoms with E-state index in [-0.39, 0.29) is 6.04 Å². The SMILES string of the molecule is CCC(CC)CNC(CN)c1ccc2c(c1)OCCCO2. The maximum atomic E-state index is 5.95. The zero-order chi connectivity index (χ0) is 15.1. The molecule has 0 bridgehead atoms. The van der Waals surface area contributed by atoms with E-state index < -0.39 is 0 Å². The molecular weight excluding hydrogens is 264 g/mol. The topological polar surface area (TPSA) is 56.5 Å². The molecule has 0 fully saturated rings. The van der Waals surface area contributed by atoms with E-state index >= 15 is 0 Å². The first-order chi connectivity index (χ1) is 10.3. The Morgan fingerprint density at radius 2 is 1.86 bits per heavy atom. The Morgan fingerprint density at radius 1 is 1.14 bits per heavy atom. The van der Waals surface area contributed by atoms with Crippen LogP contribution in [0.25, 0.3) is 0 Å². The summed E-state index contributed by atoms with van der Waals surface area (Å²) in [5.74, 6) is 2.39. The molecule has 1 heterocycles. The molecule has 4 heteroatoms. The van der Waals surface area contributed by atoms with Gasteiger partial charge in [-0.2, -0.15) is 0 Å². The van der Waals surface area contributed by atoms with Gasteiger partial charge in [-0.3, -0.25) is 0 Å². The summed E-state index contributed by atoms with van der Waals surface area (Å²) in [7, 11) is 0. The van der Waals surface area contributed by atoms with Crippen LogP contribution in [0.15, 0.2) is 18.2 Å². The number of hydrogen-bond donors (Lipinski definition) is 2. The van der Waals surface area contributed by atoms with Gasteiger partial charge >= 0.3 is 0 Å². The second-order valence-electron chi connectivity index (χ2n) is 5.64. The minimum atomic E-state index is 0.169. The van der Waals surface area contributed by atoms with E-state index in [4.69, 9.17) is 15.2 Å². The summed E-state index contributed by atoms with van der Waals surface area (Å²) in [4.78, 5) is 0. The molecule has 1 aromatic carbocycles. The predicted octanol–water partition coefficient (Wildman–Crippen LogP) is 2.87. The molecule has 0 radical (unpaired) electrons. The Balaban J connectivity index is 2.05. The van der Waals surface area contributed by atoms with Gasteiger partial charge in [-0.1, -0.05) is 32.8 Å². The van der Waals surface area contributed by atoms with E-state index in [0.717, 1.165) is 31.1 Å². The summed E-state index contributed by atoms with van der Waals surface area (Å²) in [5, 5.41) is 3.59. The van der Waals surface area contributed by atoms with Gasteiger partial charge in [0, 0.05) is 19.0 Å². The van der Waals surface area contributed by atoms with Gasteiger partial charge in [0.05, 0.1) is 13.2 Å². The fraction of sp³-hybridized carbons (Fsp3) is 0.647. The summed E-state index contributed by atoms with van der Waals surface area (Å²) >= 11 is 0.